The summed E-state index contributed by atoms with van der Waals surface area (Å²) in [6.45, 7) is 2.07. The average molecular weight is 248 g/mol. The Bertz CT molecular complexity index is 382. The molecule has 15 heavy (non-hydrogen) atoms. The molecule has 0 fully saturated rings. The van der Waals surface area contributed by atoms with Crippen molar-refractivity contribution in [2.45, 2.75) is 13.0 Å². The van der Waals surface area contributed by atoms with E-state index in [2.05, 4.69) is 16.9 Å². The van der Waals surface area contributed by atoms with Crippen molar-refractivity contribution in [1.29, 1.82) is 0 Å². The molecule has 0 saturated carbocycles. The molecule has 4 nitrogen and oxygen atoms in total. The van der Waals surface area contributed by atoms with Gasteiger partial charge in [0.25, 0.3) is 5.56 Å². The maximum Gasteiger partial charge on any atom is 0.271 e. The Balaban J connectivity index is 2.95. The molecule has 0 aliphatic heterocycles. The fourth-order valence-corrected chi connectivity index (χ4v) is 2.12. The Morgan fingerprint density at radius 2 is 2.40 bits per heavy atom. The van der Waals surface area contributed by atoms with Crippen LogP contribution in [-0.2, 0) is 0 Å². The molecule has 0 spiro atoms. The first kappa shape index (κ1) is 12.4. The summed E-state index contributed by atoms with van der Waals surface area (Å²) in [4.78, 5) is 19.7. The molecule has 1 atom stereocenters. The van der Waals surface area contributed by atoms with E-state index >= 15 is 0 Å². The molecule has 1 heterocycles. The number of hydrogen-bond donors (Lipinski definition) is 1. The third-order valence-electron chi connectivity index (χ3n) is 2.18. The van der Waals surface area contributed by atoms with Gasteiger partial charge in [-0.3, -0.25) is 4.79 Å². The second-order valence-electron chi connectivity index (χ2n) is 3.28. The molecule has 0 radical (unpaired) electrons. The van der Waals surface area contributed by atoms with E-state index in [0.29, 0.717) is 5.82 Å². The number of rotatable bonds is 4. The lowest BCUT2D eigenvalue weighted by Gasteiger charge is -2.25. The van der Waals surface area contributed by atoms with Crippen molar-refractivity contribution in [2.24, 2.45) is 0 Å². The summed E-state index contributed by atoms with van der Waals surface area (Å²) < 4.78 is 0. The van der Waals surface area contributed by atoms with Gasteiger partial charge in [0.2, 0.25) is 0 Å². The van der Waals surface area contributed by atoms with Gasteiger partial charge in [0, 0.05) is 18.8 Å². The van der Waals surface area contributed by atoms with Crippen LogP contribution in [0.15, 0.2) is 11.1 Å². The molecule has 0 bridgehead atoms. The van der Waals surface area contributed by atoms with Crippen molar-refractivity contribution in [3.8, 4) is 0 Å². The molecule has 1 aromatic rings. The molecule has 0 aliphatic rings. The van der Waals surface area contributed by atoms with Crippen LogP contribution in [-0.4, -0.2) is 35.1 Å². The molecule has 1 unspecified atom stereocenters. The van der Waals surface area contributed by atoms with E-state index in [1.54, 1.807) is 11.8 Å². The highest BCUT2D eigenvalue weighted by Gasteiger charge is 2.15. The van der Waals surface area contributed by atoms with E-state index in [9.17, 15) is 4.79 Å². The molecular weight excluding hydrogens is 234 g/mol. The van der Waals surface area contributed by atoms with E-state index in [0.717, 1.165) is 5.75 Å². The molecule has 0 aromatic carbocycles. The second kappa shape index (κ2) is 5.42. The summed E-state index contributed by atoms with van der Waals surface area (Å²) in [6, 6.07) is 0.284. The Kier molecular flexibility index (Phi) is 4.47. The van der Waals surface area contributed by atoms with Crippen molar-refractivity contribution < 1.29 is 0 Å². The minimum absolute atomic E-state index is 0.146. The van der Waals surface area contributed by atoms with Crippen LogP contribution in [0, 0.1) is 0 Å². The lowest BCUT2D eigenvalue weighted by atomic mass is 10.3. The molecule has 84 valence electrons. The zero-order chi connectivity index (χ0) is 11.4. The molecule has 0 saturated heterocycles. The van der Waals surface area contributed by atoms with Crippen LogP contribution in [0.4, 0.5) is 5.82 Å². The fraction of sp³-hybridized carbons (Fsp3) is 0.556. The summed E-state index contributed by atoms with van der Waals surface area (Å²) >= 11 is 7.62. The first-order chi connectivity index (χ1) is 7.07. The largest absolute Gasteiger partial charge is 0.355 e. The number of anilines is 1. The SMILES string of the molecule is CSCC(C)N(C)c1nc[nH]c(=O)c1Cl. The Labute approximate surface area is 98.0 Å². The van der Waals surface area contributed by atoms with Gasteiger partial charge in [0.1, 0.15) is 5.02 Å². The standard InChI is InChI=1S/C9H14ClN3OS/c1-6(4-15-3)13(2)8-7(10)9(14)12-5-11-8/h5-6H,4H2,1-3H3,(H,11,12,14). The van der Waals surface area contributed by atoms with Gasteiger partial charge in [0.15, 0.2) is 5.82 Å². The molecule has 1 aromatic heterocycles. The highest BCUT2D eigenvalue weighted by atomic mass is 35.5. The van der Waals surface area contributed by atoms with E-state index in [1.165, 1.54) is 6.33 Å². The number of H-pyrrole nitrogens is 1. The maximum absolute atomic E-state index is 11.3. The minimum atomic E-state index is -0.301. The van der Waals surface area contributed by atoms with Gasteiger partial charge in [-0.2, -0.15) is 11.8 Å². The van der Waals surface area contributed by atoms with Crippen LogP contribution in [0.2, 0.25) is 5.02 Å². The number of nitrogens with one attached hydrogen (secondary N) is 1. The van der Waals surface area contributed by atoms with Crippen molar-refractivity contribution >= 4 is 29.2 Å². The van der Waals surface area contributed by atoms with Crippen LogP contribution in [0.1, 0.15) is 6.92 Å². The number of halogens is 1. The van der Waals surface area contributed by atoms with Crippen molar-refractivity contribution in [3.05, 3.63) is 21.7 Å². The van der Waals surface area contributed by atoms with E-state index in [1.807, 2.05) is 18.2 Å². The van der Waals surface area contributed by atoms with Gasteiger partial charge in [0.05, 0.1) is 6.33 Å². The number of hydrogen-bond acceptors (Lipinski definition) is 4. The number of aromatic amines is 1. The second-order valence-corrected chi connectivity index (χ2v) is 4.57. The number of aromatic nitrogens is 2. The van der Waals surface area contributed by atoms with E-state index in [-0.39, 0.29) is 16.6 Å². The van der Waals surface area contributed by atoms with Crippen LogP contribution in [0.3, 0.4) is 0 Å². The first-order valence-corrected chi connectivity index (χ1v) is 6.30. The zero-order valence-electron chi connectivity index (χ0n) is 8.95. The van der Waals surface area contributed by atoms with Gasteiger partial charge < -0.3 is 9.88 Å². The molecular formula is C9H14ClN3OS. The Hall–Kier alpha value is -0.680. The molecule has 6 heteroatoms. The number of thioether (sulfide) groups is 1. The molecule has 1 N–H and O–H groups in total. The highest BCUT2D eigenvalue weighted by Crippen LogP contribution is 2.19. The lowest BCUT2D eigenvalue weighted by Crippen LogP contribution is -2.33. The Morgan fingerprint density at radius 1 is 1.73 bits per heavy atom. The topological polar surface area (TPSA) is 49.0 Å². The average Bonchev–Trinajstić information content (AvgIpc) is 2.21. The van der Waals surface area contributed by atoms with E-state index < -0.39 is 0 Å². The van der Waals surface area contributed by atoms with Crippen molar-refractivity contribution in [3.63, 3.8) is 0 Å². The van der Waals surface area contributed by atoms with Gasteiger partial charge in [-0.1, -0.05) is 11.6 Å². The lowest BCUT2D eigenvalue weighted by molar-refractivity contribution is 0.750. The quantitative estimate of drug-likeness (QED) is 0.878. The van der Waals surface area contributed by atoms with Crippen LogP contribution >= 0.6 is 23.4 Å². The third-order valence-corrected chi connectivity index (χ3v) is 3.34. The normalized spacial score (nSPS) is 12.5. The minimum Gasteiger partial charge on any atom is -0.355 e. The van der Waals surface area contributed by atoms with Gasteiger partial charge >= 0.3 is 0 Å². The van der Waals surface area contributed by atoms with Crippen molar-refractivity contribution in [2.75, 3.05) is 24.0 Å². The molecule has 0 aliphatic carbocycles. The predicted octanol–water partition coefficient (Wildman–Crippen LogP) is 1.61. The van der Waals surface area contributed by atoms with Crippen LogP contribution < -0.4 is 10.5 Å². The monoisotopic (exact) mass is 247 g/mol. The zero-order valence-corrected chi connectivity index (χ0v) is 10.5. The predicted molar refractivity (Wildman–Crippen MR) is 66.1 cm³/mol. The van der Waals surface area contributed by atoms with Crippen LogP contribution in [0.5, 0.6) is 0 Å². The fourth-order valence-electron chi connectivity index (χ4n) is 1.18. The summed E-state index contributed by atoms with van der Waals surface area (Å²) in [6.07, 6.45) is 3.41. The molecule has 1 rings (SSSR count). The van der Waals surface area contributed by atoms with Crippen molar-refractivity contribution in [1.82, 2.24) is 9.97 Å². The van der Waals surface area contributed by atoms with Gasteiger partial charge in [-0.05, 0) is 13.2 Å². The summed E-state index contributed by atoms with van der Waals surface area (Å²) in [5.41, 5.74) is -0.301. The number of nitrogens with zero attached hydrogens (tertiary/aromatic N) is 2. The summed E-state index contributed by atoms with van der Waals surface area (Å²) in [5, 5.41) is 0.146. The molecule has 0 amide bonds. The first-order valence-electron chi connectivity index (χ1n) is 4.53. The van der Waals surface area contributed by atoms with Crippen LogP contribution in [0.25, 0.3) is 0 Å². The highest BCUT2D eigenvalue weighted by molar-refractivity contribution is 7.98. The third kappa shape index (κ3) is 2.89. The Morgan fingerprint density at radius 3 is 3.00 bits per heavy atom. The summed E-state index contributed by atoms with van der Waals surface area (Å²) in [5.74, 6) is 1.49. The van der Waals surface area contributed by atoms with Gasteiger partial charge in [-0.15, -0.1) is 0 Å². The maximum atomic E-state index is 11.3. The van der Waals surface area contributed by atoms with Gasteiger partial charge in [-0.25, -0.2) is 4.98 Å². The smallest absolute Gasteiger partial charge is 0.271 e. The summed E-state index contributed by atoms with van der Waals surface area (Å²) in [7, 11) is 1.88. The van der Waals surface area contributed by atoms with E-state index in [4.69, 9.17) is 11.6 Å².